The fourth-order valence-electron chi connectivity index (χ4n) is 3.77. The van der Waals surface area contributed by atoms with E-state index in [0.29, 0.717) is 45.3 Å². The van der Waals surface area contributed by atoms with Crippen LogP contribution in [0.25, 0.3) is 0 Å². The number of thioether (sulfide) groups is 1. The quantitative estimate of drug-likeness (QED) is 0.608. The van der Waals surface area contributed by atoms with Crippen molar-refractivity contribution in [2.45, 2.75) is 17.5 Å². The molecule has 1 aromatic carbocycles. The first-order valence-corrected chi connectivity index (χ1v) is 11.2. The van der Waals surface area contributed by atoms with Gasteiger partial charge in [0.15, 0.2) is 17.2 Å². The van der Waals surface area contributed by atoms with E-state index in [-0.39, 0.29) is 18.3 Å². The summed E-state index contributed by atoms with van der Waals surface area (Å²) in [6, 6.07) is 9.79. The highest BCUT2D eigenvalue weighted by molar-refractivity contribution is 7.99. The third-order valence-electron chi connectivity index (χ3n) is 5.25. The van der Waals surface area contributed by atoms with Crippen LogP contribution >= 0.6 is 23.4 Å². The number of hydrogen-bond acceptors (Lipinski definition) is 7. The molecule has 1 amide bonds. The van der Waals surface area contributed by atoms with E-state index < -0.39 is 6.04 Å². The van der Waals surface area contributed by atoms with Crippen LogP contribution in [0, 0.1) is 0 Å². The highest BCUT2D eigenvalue weighted by Gasteiger charge is 2.33. The Morgan fingerprint density at radius 3 is 2.91 bits per heavy atom. The summed E-state index contributed by atoms with van der Waals surface area (Å²) in [6.07, 6.45) is 1.93. The maximum Gasteiger partial charge on any atom is 0.252 e. The summed E-state index contributed by atoms with van der Waals surface area (Å²) in [5, 5.41) is 3.86. The van der Waals surface area contributed by atoms with Crippen LogP contribution in [0.2, 0.25) is 5.02 Å². The van der Waals surface area contributed by atoms with Gasteiger partial charge in [-0.1, -0.05) is 17.7 Å². The van der Waals surface area contributed by atoms with Crippen molar-refractivity contribution in [3.8, 4) is 17.2 Å². The first kappa shape index (κ1) is 20.7. The average Bonchev–Trinajstić information content (AvgIpc) is 3.43. The summed E-state index contributed by atoms with van der Waals surface area (Å²) in [5.74, 6) is 2.44. The fraction of sp³-hybridized carbons (Fsp3) is 0.227. The number of pyridine rings is 2. The van der Waals surface area contributed by atoms with E-state index in [1.54, 1.807) is 19.2 Å². The predicted molar refractivity (Wildman–Crippen MR) is 120 cm³/mol. The van der Waals surface area contributed by atoms with Crippen molar-refractivity contribution in [1.29, 1.82) is 0 Å². The van der Waals surface area contributed by atoms with Gasteiger partial charge in [0.2, 0.25) is 12.7 Å². The topological polar surface area (TPSA) is 91.7 Å². The number of hydrogen-bond donors (Lipinski definition) is 1. The van der Waals surface area contributed by atoms with Crippen LogP contribution in [0.4, 0.5) is 5.82 Å². The second-order valence-electron chi connectivity index (χ2n) is 7.26. The van der Waals surface area contributed by atoms with Gasteiger partial charge in [0.05, 0.1) is 12.1 Å². The van der Waals surface area contributed by atoms with E-state index in [2.05, 4.69) is 10.3 Å². The minimum atomic E-state index is -0.673. The Morgan fingerprint density at radius 1 is 1.28 bits per heavy atom. The number of rotatable bonds is 5. The van der Waals surface area contributed by atoms with Gasteiger partial charge < -0.3 is 19.5 Å². The molecule has 4 heterocycles. The molecule has 0 saturated heterocycles. The van der Waals surface area contributed by atoms with Crippen LogP contribution in [-0.2, 0) is 11.2 Å². The molecule has 3 aromatic rings. The van der Waals surface area contributed by atoms with Crippen LogP contribution < -0.4 is 25.1 Å². The molecule has 1 atom stereocenters. The van der Waals surface area contributed by atoms with Gasteiger partial charge in [0, 0.05) is 30.0 Å². The average molecular weight is 472 g/mol. The third-order valence-corrected chi connectivity index (χ3v) is 6.61. The number of amides is 1. The largest absolute Gasteiger partial charge is 0.494 e. The molecule has 2 aliphatic rings. The van der Waals surface area contributed by atoms with Gasteiger partial charge in [-0.3, -0.25) is 14.2 Å². The highest BCUT2D eigenvalue weighted by atomic mass is 35.5. The number of aromatic nitrogens is 2. The summed E-state index contributed by atoms with van der Waals surface area (Å²) in [7, 11) is 1.56. The van der Waals surface area contributed by atoms with Crippen molar-refractivity contribution in [3.63, 3.8) is 0 Å². The zero-order chi connectivity index (χ0) is 22.2. The first-order valence-electron chi connectivity index (χ1n) is 9.79. The monoisotopic (exact) mass is 471 g/mol. The maximum atomic E-state index is 13.0. The Labute approximate surface area is 192 Å². The van der Waals surface area contributed by atoms with Gasteiger partial charge in [-0.15, -0.1) is 11.8 Å². The minimum Gasteiger partial charge on any atom is -0.494 e. The highest BCUT2D eigenvalue weighted by Crippen LogP contribution is 2.41. The van der Waals surface area contributed by atoms with E-state index in [4.69, 9.17) is 25.8 Å². The molecule has 0 spiro atoms. The van der Waals surface area contributed by atoms with Crippen LogP contribution in [0.15, 0.2) is 52.4 Å². The molecule has 5 rings (SSSR count). The number of nitrogens with one attached hydrogen (secondary N) is 1. The molecular weight excluding hydrogens is 454 g/mol. The molecule has 0 unspecified atom stereocenters. The van der Waals surface area contributed by atoms with Gasteiger partial charge in [0.25, 0.3) is 5.56 Å². The van der Waals surface area contributed by atoms with E-state index in [9.17, 15) is 9.59 Å². The number of anilines is 1. The zero-order valence-corrected chi connectivity index (χ0v) is 18.5. The van der Waals surface area contributed by atoms with Crippen molar-refractivity contribution >= 4 is 35.1 Å². The molecule has 8 nitrogen and oxygen atoms in total. The standard InChI is InChI=1S/C22H18ClN3O5S/c1-29-20-13(6-12-2-4-16-17(7-12)31-11-30-16)8-19(27)26-15(10-32-22(20)26)21(28)25-18-5-3-14(23)9-24-18/h2-5,7-9,15H,6,10-11H2,1H3,(H,24,25,28)/t15-/m0/s1. The Bertz CT molecular complexity index is 1260. The molecule has 2 aliphatic heterocycles. The maximum absolute atomic E-state index is 13.0. The number of ether oxygens (including phenoxy) is 3. The van der Waals surface area contributed by atoms with Gasteiger partial charge in [-0.25, -0.2) is 4.98 Å². The van der Waals surface area contributed by atoms with Crippen molar-refractivity contribution in [3.05, 3.63) is 69.1 Å². The van der Waals surface area contributed by atoms with Gasteiger partial charge in [-0.2, -0.15) is 0 Å². The minimum absolute atomic E-state index is 0.202. The lowest BCUT2D eigenvalue weighted by Crippen LogP contribution is -2.32. The summed E-state index contributed by atoms with van der Waals surface area (Å²) in [6.45, 7) is 0.202. The van der Waals surface area contributed by atoms with Crippen molar-refractivity contribution in [2.24, 2.45) is 0 Å². The Balaban J connectivity index is 1.44. The van der Waals surface area contributed by atoms with Crippen molar-refractivity contribution in [1.82, 2.24) is 9.55 Å². The molecule has 2 aromatic heterocycles. The fourth-order valence-corrected chi connectivity index (χ4v) is 5.20. The lowest BCUT2D eigenvalue weighted by atomic mass is 10.0. The molecule has 1 N–H and O–H groups in total. The molecule has 0 saturated carbocycles. The Morgan fingerprint density at radius 2 is 2.12 bits per heavy atom. The van der Waals surface area contributed by atoms with Crippen LogP contribution in [-0.4, -0.2) is 35.1 Å². The van der Waals surface area contributed by atoms with E-state index in [1.807, 2.05) is 18.2 Å². The molecule has 0 aliphatic carbocycles. The lowest BCUT2D eigenvalue weighted by molar-refractivity contribution is -0.118. The number of nitrogens with zero attached hydrogens (tertiary/aromatic N) is 2. The summed E-state index contributed by atoms with van der Waals surface area (Å²) in [4.78, 5) is 30.0. The number of methoxy groups -OCH3 is 1. The first-order chi connectivity index (χ1) is 15.5. The number of halogens is 1. The van der Waals surface area contributed by atoms with Crippen LogP contribution in [0.1, 0.15) is 17.2 Å². The number of carbonyl (C=O) groups is 1. The lowest BCUT2D eigenvalue weighted by Gasteiger charge is -2.17. The van der Waals surface area contributed by atoms with Crippen molar-refractivity contribution < 1.29 is 19.0 Å². The SMILES string of the molecule is COc1c(Cc2ccc3c(c2)OCO3)cc(=O)n2c1SC[C@H]2C(=O)Nc1ccc(Cl)cn1. The zero-order valence-electron chi connectivity index (χ0n) is 17.0. The third kappa shape index (κ3) is 3.78. The molecule has 164 valence electrons. The number of carbonyl (C=O) groups excluding carboxylic acids is 1. The Hall–Kier alpha value is -3.17. The van der Waals surface area contributed by atoms with Crippen molar-refractivity contribution in [2.75, 3.05) is 25.0 Å². The molecule has 0 radical (unpaired) electrons. The summed E-state index contributed by atoms with van der Waals surface area (Å²) < 4.78 is 18.0. The molecule has 0 fully saturated rings. The Kier molecular flexibility index (Phi) is 5.44. The molecule has 0 bridgehead atoms. The number of fused-ring (bicyclic) bond motifs is 2. The molecule has 32 heavy (non-hydrogen) atoms. The normalized spacial score (nSPS) is 16.0. The second kappa shape index (κ2) is 8.40. The van der Waals surface area contributed by atoms with Crippen LogP contribution in [0.3, 0.4) is 0 Å². The van der Waals surface area contributed by atoms with E-state index in [1.165, 1.54) is 28.6 Å². The van der Waals surface area contributed by atoms with E-state index >= 15 is 0 Å². The summed E-state index contributed by atoms with van der Waals surface area (Å²) >= 11 is 7.26. The van der Waals surface area contributed by atoms with Gasteiger partial charge in [-0.05, 0) is 29.8 Å². The van der Waals surface area contributed by atoms with E-state index in [0.717, 1.165) is 11.1 Å². The smallest absolute Gasteiger partial charge is 0.252 e. The molecule has 10 heteroatoms. The second-order valence-corrected chi connectivity index (χ2v) is 8.70. The summed E-state index contributed by atoms with van der Waals surface area (Å²) in [5.41, 5.74) is 1.45. The van der Waals surface area contributed by atoms with Crippen LogP contribution in [0.5, 0.6) is 17.2 Å². The van der Waals surface area contributed by atoms with Gasteiger partial charge >= 0.3 is 0 Å². The predicted octanol–water partition coefficient (Wildman–Crippen LogP) is 3.51. The number of benzene rings is 1. The molecular formula is C22H18ClN3O5S. The van der Waals surface area contributed by atoms with Gasteiger partial charge in [0.1, 0.15) is 16.9 Å².